The van der Waals surface area contributed by atoms with Gasteiger partial charge in [-0.1, -0.05) is 0 Å². The van der Waals surface area contributed by atoms with Crippen molar-refractivity contribution >= 4 is 11.8 Å². The number of H-pyrrole nitrogens is 1. The minimum Gasteiger partial charge on any atom is -0.462 e. The number of aromatic amines is 1. The molecule has 6 heteroatoms. The molecular weight excluding hydrogens is 270 g/mol. The fraction of sp³-hybridized carbons (Fsp3) is 0.600. The van der Waals surface area contributed by atoms with Gasteiger partial charge in [0.15, 0.2) is 5.78 Å². The van der Waals surface area contributed by atoms with Crippen LogP contribution in [0.3, 0.4) is 0 Å². The number of rotatable bonds is 5. The highest BCUT2D eigenvalue weighted by atomic mass is 16.5. The predicted molar refractivity (Wildman–Crippen MR) is 79.8 cm³/mol. The Balaban J connectivity index is 1.99. The van der Waals surface area contributed by atoms with Gasteiger partial charge in [-0.15, -0.1) is 0 Å². The Morgan fingerprint density at radius 2 is 1.95 bits per heavy atom. The number of nitrogens with zero attached hydrogens (tertiary/aromatic N) is 2. The minimum absolute atomic E-state index is 0.0122. The van der Waals surface area contributed by atoms with Gasteiger partial charge >= 0.3 is 5.97 Å². The lowest BCUT2D eigenvalue weighted by Crippen LogP contribution is -2.46. The van der Waals surface area contributed by atoms with Crippen molar-refractivity contribution < 1.29 is 14.3 Å². The average molecular weight is 293 g/mol. The zero-order valence-corrected chi connectivity index (χ0v) is 12.9. The Bertz CT molecular complexity index is 516. The second kappa shape index (κ2) is 6.87. The van der Waals surface area contributed by atoms with Crippen LogP contribution in [0.5, 0.6) is 0 Å². The number of ketones is 1. The largest absolute Gasteiger partial charge is 0.462 e. The van der Waals surface area contributed by atoms with E-state index in [0.717, 1.165) is 26.2 Å². The summed E-state index contributed by atoms with van der Waals surface area (Å²) in [7, 11) is 2.08. The summed E-state index contributed by atoms with van der Waals surface area (Å²) in [6.45, 7) is 8.00. The Morgan fingerprint density at radius 1 is 1.29 bits per heavy atom. The number of aryl methyl sites for hydroxylation is 1. The third kappa shape index (κ3) is 3.92. The Kier molecular flexibility index (Phi) is 5.14. The van der Waals surface area contributed by atoms with Crippen molar-refractivity contribution in [2.75, 3.05) is 46.4 Å². The van der Waals surface area contributed by atoms with Crippen LogP contribution in [0.2, 0.25) is 0 Å². The summed E-state index contributed by atoms with van der Waals surface area (Å²) in [5, 5.41) is 0. The topological polar surface area (TPSA) is 65.6 Å². The lowest BCUT2D eigenvalue weighted by Gasteiger charge is -2.31. The van der Waals surface area contributed by atoms with Crippen molar-refractivity contribution in [3.05, 3.63) is 23.0 Å². The summed E-state index contributed by atoms with van der Waals surface area (Å²) >= 11 is 0. The molecule has 116 valence electrons. The van der Waals surface area contributed by atoms with E-state index in [1.54, 1.807) is 19.9 Å². The third-order valence-corrected chi connectivity index (χ3v) is 3.77. The molecule has 1 aliphatic rings. The van der Waals surface area contributed by atoms with Crippen LogP contribution in [0.4, 0.5) is 0 Å². The number of hydrogen-bond acceptors (Lipinski definition) is 5. The van der Waals surface area contributed by atoms with Crippen LogP contribution in [0.1, 0.15) is 33.5 Å². The average Bonchev–Trinajstić information content (AvgIpc) is 2.84. The van der Waals surface area contributed by atoms with Crippen LogP contribution < -0.4 is 0 Å². The fourth-order valence-electron chi connectivity index (χ4n) is 2.42. The Labute approximate surface area is 125 Å². The van der Waals surface area contributed by atoms with Crippen LogP contribution in [0.15, 0.2) is 6.07 Å². The van der Waals surface area contributed by atoms with E-state index < -0.39 is 0 Å². The van der Waals surface area contributed by atoms with E-state index in [4.69, 9.17) is 4.74 Å². The first kappa shape index (κ1) is 15.7. The van der Waals surface area contributed by atoms with E-state index in [-0.39, 0.29) is 11.8 Å². The highest BCUT2D eigenvalue weighted by Gasteiger charge is 2.21. The maximum Gasteiger partial charge on any atom is 0.339 e. The summed E-state index contributed by atoms with van der Waals surface area (Å²) in [4.78, 5) is 31.4. The van der Waals surface area contributed by atoms with Gasteiger partial charge < -0.3 is 14.6 Å². The number of ether oxygens (including phenoxy) is 1. The molecule has 0 aromatic carbocycles. The molecule has 0 spiro atoms. The number of carbonyl (C=O) groups is 2. The van der Waals surface area contributed by atoms with Crippen molar-refractivity contribution in [3.63, 3.8) is 0 Å². The van der Waals surface area contributed by atoms with Gasteiger partial charge in [0.1, 0.15) is 0 Å². The van der Waals surface area contributed by atoms with Crippen LogP contribution in [0, 0.1) is 6.92 Å². The minimum atomic E-state index is -0.384. The molecule has 0 saturated carbocycles. The van der Waals surface area contributed by atoms with Crippen LogP contribution in [-0.4, -0.2) is 72.9 Å². The van der Waals surface area contributed by atoms with Crippen molar-refractivity contribution in [2.24, 2.45) is 0 Å². The number of aromatic nitrogens is 1. The Hall–Kier alpha value is -1.66. The molecule has 1 aromatic rings. The van der Waals surface area contributed by atoms with Crippen LogP contribution in [-0.2, 0) is 4.74 Å². The number of hydrogen-bond donors (Lipinski definition) is 1. The monoisotopic (exact) mass is 293 g/mol. The maximum absolute atomic E-state index is 12.3. The number of nitrogens with one attached hydrogen (secondary N) is 1. The lowest BCUT2D eigenvalue weighted by molar-refractivity contribution is 0.0525. The van der Waals surface area contributed by atoms with Crippen molar-refractivity contribution in [1.82, 2.24) is 14.8 Å². The molecule has 1 fully saturated rings. The maximum atomic E-state index is 12.3. The summed E-state index contributed by atoms with van der Waals surface area (Å²) in [5.74, 6) is -0.372. The third-order valence-electron chi connectivity index (χ3n) is 3.77. The number of piperazine rings is 1. The van der Waals surface area contributed by atoms with E-state index in [1.165, 1.54) is 0 Å². The molecule has 21 heavy (non-hydrogen) atoms. The predicted octanol–water partition coefficient (Wildman–Crippen LogP) is 0.930. The van der Waals surface area contributed by atoms with Crippen LogP contribution >= 0.6 is 0 Å². The molecule has 1 saturated heterocycles. The van der Waals surface area contributed by atoms with Gasteiger partial charge in [0.25, 0.3) is 0 Å². The lowest BCUT2D eigenvalue weighted by atomic mass is 10.2. The van der Waals surface area contributed by atoms with E-state index in [1.807, 2.05) is 0 Å². The molecule has 6 nitrogen and oxygen atoms in total. The number of esters is 1. The summed E-state index contributed by atoms with van der Waals surface area (Å²) in [6, 6.07) is 1.60. The number of likely N-dealkylation sites (N-methyl/N-ethyl adjacent to an activating group) is 1. The van der Waals surface area contributed by atoms with Gasteiger partial charge in [0.05, 0.1) is 24.4 Å². The zero-order chi connectivity index (χ0) is 15.4. The number of Topliss-reactive ketones (excluding diaryl/α,β-unsaturated/α-hetero) is 1. The molecular formula is C15H23N3O3. The molecule has 1 aliphatic heterocycles. The first-order valence-corrected chi connectivity index (χ1v) is 7.32. The van der Waals surface area contributed by atoms with Crippen molar-refractivity contribution in [2.45, 2.75) is 13.8 Å². The van der Waals surface area contributed by atoms with Gasteiger partial charge in [-0.05, 0) is 27.0 Å². The van der Waals surface area contributed by atoms with E-state index in [9.17, 15) is 9.59 Å². The number of carbonyl (C=O) groups excluding carboxylic acids is 2. The molecule has 0 atom stereocenters. The van der Waals surface area contributed by atoms with Gasteiger partial charge in [-0.25, -0.2) is 4.79 Å². The summed E-state index contributed by atoms with van der Waals surface area (Å²) < 4.78 is 4.98. The summed E-state index contributed by atoms with van der Waals surface area (Å²) in [5.41, 5.74) is 1.60. The van der Waals surface area contributed by atoms with Crippen LogP contribution in [0.25, 0.3) is 0 Å². The highest BCUT2D eigenvalue weighted by molar-refractivity contribution is 6.00. The fourth-order valence-corrected chi connectivity index (χ4v) is 2.42. The molecule has 2 rings (SSSR count). The Morgan fingerprint density at radius 3 is 2.57 bits per heavy atom. The molecule has 0 aliphatic carbocycles. The van der Waals surface area contributed by atoms with E-state index >= 15 is 0 Å². The van der Waals surface area contributed by atoms with E-state index in [0.29, 0.717) is 30.1 Å². The van der Waals surface area contributed by atoms with Gasteiger partial charge in [-0.3, -0.25) is 9.69 Å². The SMILES string of the molecule is CCOC(=O)c1cc(C(=O)CN2CCN(C)CC2)[nH]c1C. The molecule has 0 amide bonds. The zero-order valence-electron chi connectivity index (χ0n) is 12.9. The first-order valence-electron chi connectivity index (χ1n) is 7.32. The van der Waals surface area contributed by atoms with Gasteiger partial charge in [-0.2, -0.15) is 0 Å². The smallest absolute Gasteiger partial charge is 0.339 e. The van der Waals surface area contributed by atoms with E-state index in [2.05, 4.69) is 21.8 Å². The second-order valence-electron chi connectivity index (χ2n) is 5.44. The van der Waals surface area contributed by atoms with Gasteiger partial charge in [0, 0.05) is 31.9 Å². The normalized spacial score (nSPS) is 16.9. The standard InChI is InChI=1S/C15H23N3O3/c1-4-21-15(20)12-9-13(16-11(12)2)14(19)10-18-7-5-17(3)6-8-18/h9,16H,4-8,10H2,1-3H3. The quantitative estimate of drug-likeness (QED) is 0.646. The van der Waals surface area contributed by atoms with Crippen molar-refractivity contribution in [1.29, 1.82) is 0 Å². The second-order valence-corrected chi connectivity index (χ2v) is 5.44. The molecule has 0 bridgehead atoms. The highest BCUT2D eigenvalue weighted by Crippen LogP contribution is 2.13. The first-order chi connectivity index (χ1) is 10.0. The summed E-state index contributed by atoms with van der Waals surface area (Å²) in [6.07, 6.45) is 0. The van der Waals surface area contributed by atoms with Crippen molar-refractivity contribution in [3.8, 4) is 0 Å². The van der Waals surface area contributed by atoms with Gasteiger partial charge in [0.2, 0.25) is 0 Å². The molecule has 1 N–H and O–H groups in total. The molecule has 2 heterocycles. The molecule has 0 radical (unpaired) electrons. The molecule has 1 aromatic heterocycles. The molecule has 0 unspecified atom stereocenters.